The normalized spacial score (nSPS) is 13.5. The third-order valence-corrected chi connectivity index (χ3v) is 11.0. The molecule has 1 atom stereocenters. The van der Waals surface area contributed by atoms with Crippen LogP contribution in [0.1, 0.15) is 19.2 Å². The predicted octanol–water partition coefficient (Wildman–Crippen LogP) is 13.4. The second kappa shape index (κ2) is 16.7. The molecule has 0 fully saturated rings. The molecule has 7 aromatic carbocycles. The monoisotopic (exact) mass is 784 g/mol. The van der Waals surface area contributed by atoms with E-state index in [0.29, 0.717) is 40.9 Å². The third-order valence-electron chi connectivity index (χ3n) is 11.0. The molecule has 290 valence electrons. The summed E-state index contributed by atoms with van der Waals surface area (Å²) in [5, 5.41) is 0. The minimum Gasteiger partial charge on any atom is -0.208 e. The third kappa shape index (κ3) is 8.20. The average Bonchev–Trinajstić information content (AvgIpc) is 3.35. The van der Waals surface area contributed by atoms with E-state index in [1.807, 2.05) is 66.7 Å². The Morgan fingerprint density at radius 3 is 1.03 bits per heavy atom. The lowest BCUT2D eigenvalue weighted by molar-refractivity contribution is 0.738. The highest BCUT2D eigenvalue weighted by molar-refractivity contribution is 5.78. The number of nitrogens with zero attached hydrogens (tertiary/aromatic N) is 6. The van der Waals surface area contributed by atoms with Crippen molar-refractivity contribution >= 4 is 5.57 Å². The Balaban J connectivity index is 0.989. The van der Waals surface area contributed by atoms with E-state index in [9.17, 15) is 0 Å². The van der Waals surface area contributed by atoms with Gasteiger partial charge in [0.25, 0.3) is 0 Å². The first-order valence-corrected chi connectivity index (χ1v) is 20.6. The Labute approximate surface area is 355 Å². The number of hydrogen-bond acceptors (Lipinski definition) is 6. The molecule has 61 heavy (non-hydrogen) atoms. The molecule has 0 radical (unpaired) electrons. The van der Waals surface area contributed by atoms with Crippen molar-refractivity contribution in [2.75, 3.05) is 0 Å². The first kappa shape index (κ1) is 37.3. The molecule has 1 aliphatic carbocycles. The fraction of sp³-hybridized carbons (Fsp3) is 0.0545. The summed E-state index contributed by atoms with van der Waals surface area (Å²) in [6, 6.07) is 64.5. The van der Waals surface area contributed by atoms with E-state index < -0.39 is 0 Å². The van der Waals surface area contributed by atoms with Gasteiger partial charge in [-0.1, -0.05) is 201 Å². The van der Waals surface area contributed by atoms with Gasteiger partial charge in [0, 0.05) is 33.4 Å². The van der Waals surface area contributed by atoms with Crippen LogP contribution in [0.2, 0.25) is 0 Å². The van der Waals surface area contributed by atoms with Crippen molar-refractivity contribution < 1.29 is 0 Å². The molecular weight excluding hydrogens is 745 g/mol. The largest absolute Gasteiger partial charge is 0.208 e. The molecular formula is C55H40N6. The maximum atomic E-state index is 5.08. The first-order chi connectivity index (χ1) is 30.1. The summed E-state index contributed by atoms with van der Waals surface area (Å²) < 4.78 is 0. The highest BCUT2D eigenvalue weighted by Gasteiger charge is 2.17. The highest BCUT2D eigenvalue weighted by atomic mass is 15.0. The summed E-state index contributed by atoms with van der Waals surface area (Å²) >= 11 is 0. The van der Waals surface area contributed by atoms with Crippen LogP contribution in [0.15, 0.2) is 206 Å². The molecule has 0 bridgehead atoms. The van der Waals surface area contributed by atoms with Crippen molar-refractivity contribution in [2.24, 2.45) is 5.92 Å². The highest BCUT2D eigenvalue weighted by Crippen LogP contribution is 2.33. The number of allylic oxidation sites excluding steroid dienone is 4. The molecule has 2 aromatic heterocycles. The van der Waals surface area contributed by atoms with E-state index in [1.165, 1.54) is 11.1 Å². The Morgan fingerprint density at radius 2 is 0.623 bits per heavy atom. The number of hydrogen-bond donors (Lipinski definition) is 0. The van der Waals surface area contributed by atoms with Gasteiger partial charge in [-0.2, -0.15) is 0 Å². The van der Waals surface area contributed by atoms with Crippen LogP contribution >= 0.6 is 0 Å². The van der Waals surface area contributed by atoms with Crippen LogP contribution in [0.3, 0.4) is 0 Å². The van der Waals surface area contributed by atoms with Gasteiger partial charge in [0.2, 0.25) is 0 Å². The maximum absolute atomic E-state index is 5.08. The van der Waals surface area contributed by atoms with Gasteiger partial charge in [0.05, 0.1) is 0 Å². The topological polar surface area (TPSA) is 77.3 Å². The molecule has 0 amide bonds. The van der Waals surface area contributed by atoms with Gasteiger partial charge in [0.1, 0.15) is 0 Å². The summed E-state index contributed by atoms with van der Waals surface area (Å²) in [7, 11) is 0. The second-order valence-electron chi connectivity index (χ2n) is 15.3. The molecule has 6 nitrogen and oxygen atoms in total. The number of rotatable bonds is 9. The van der Waals surface area contributed by atoms with Gasteiger partial charge in [-0.15, -0.1) is 0 Å². The second-order valence-corrected chi connectivity index (χ2v) is 15.3. The molecule has 0 N–H and O–H groups in total. The van der Waals surface area contributed by atoms with Crippen LogP contribution in [0.25, 0.3) is 95.9 Å². The van der Waals surface area contributed by atoms with Crippen molar-refractivity contribution in [1.29, 1.82) is 0 Å². The summed E-state index contributed by atoms with van der Waals surface area (Å²) in [6.07, 6.45) is 7.51. The van der Waals surface area contributed by atoms with Crippen LogP contribution in [0, 0.1) is 5.92 Å². The van der Waals surface area contributed by atoms with Crippen LogP contribution < -0.4 is 0 Å². The molecule has 9 aromatic rings. The summed E-state index contributed by atoms with van der Waals surface area (Å²) in [5.41, 5.74) is 12.3. The molecule has 0 aliphatic heterocycles. The van der Waals surface area contributed by atoms with E-state index in [-0.39, 0.29) is 0 Å². The van der Waals surface area contributed by atoms with Gasteiger partial charge in [-0.3, -0.25) is 0 Å². The zero-order valence-corrected chi connectivity index (χ0v) is 33.6. The standard InChI is InChI=1S/C55H40N6/c1-37-23-25-44(26-24-37)52-56-50(42-15-7-3-8-16-42)58-54(60-52)48-21-11-19-46(35-48)47-20-12-22-49(36-47)55-59-51(43-17-9-4-10-18-43)57-53(61-55)45-33-31-41(32-34-45)40-29-27-39(28-30-40)38-13-5-2-6-14-38/h2-23,25-37H,24H2,1H3. The zero-order chi connectivity index (χ0) is 41.0. The molecule has 6 heteroatoms. The smallest absolute Gasteiger partial charge is 0.164 e. The Morgan fingerprint density at radius 1 is 0.311 bits per heavy atom. The van der Waals surface area contributed by atoms with Crippen molar-refractivity contribution in [3.05, 3.63) is 212 Å². The Bertz CT molecular complexity index is 3030. The van der Waals surface area contributed by atoms with Crippen molar-refractivity contribution in [3.8, 4) is 90.3 Å². The molecule has 0 saturated carbocycles. The summed E-state index contributed by atoms with van der Waals surface area (Å²) in [4.78, 5) is 30.1. The van der Waals surface area contributed by atoms with Gasteiger partial charge in [-0.05, 0) is 57.9 Å². The number of benzene rings is 7. The van der Waals surface area contributed by atoms with Crippen LogP contribution in [0.4, 0.5) is 0 Å². The van der Waals surface area contributed by atoms with Gasteiger partial charge in [0.15, 0.2) is 34.9 Å². The van der Waals surface area contributed by atoms with Crippen LogP contribution in [-0.2, 0) is 0 Å². The first-order valence-electron chi connectivity index (χ1n) is 20.6. The molecule has 0 spiro atoms. The van der Waals surface area contributed by atoms with Crippen molar-refractivity contribution in [2.45, 2.75) is 13.3 Å². The molecule has 1 unspecified atom stereocenters. The van der Waals surface area contributed by atoms with E-state index in [0.717, 1.165) is 62.1 Å². The van der Waals surface area contributed by atoms with Crippen LogP contribution in [0.5, 0.6) is 0 Å². The molecule has 0 saturated heterocycles. The van der Waals surface area contributed by atoms with Gasteiger partial charge < -0.3 is 0 Å². The van der Waals surface area contributed by atoms with Crippen molar-refractivity contribution in [3.63, 3.8) is 0 Å². The summed E-state index contributed by atoms with van der Waals surface area (Å²) in [5.74, 6) is 4.26. The minimum atomic E-state index is 0.488. The van der Waals surface area contributed by atoms with Gasteiger partial charge >= 0.3 is 0 Å². The zero-order valence-electron chi connectivity index (χ0n) is 33.6. The fourth-order valence-corrected chi connectivity index (χ4v) is 7.57. The van der Waals surface area contributed by atoms with Crippen LogP contribution in [-0.4, -0.2) is 29.9 Å². The predicted molar refractivity (Wildman–Crippen MR) is 248 cm³/mol. The number of aromatic nitrogens is 6. The molecule has 1 aliphatic rings. The van der Waals surface area contributed by atoms with Crippen molar-refractivity contribution in [1.82, 2.24) is 29.9 Å². The average molecular weight is 785 g/mol. The minimum absolute atomic E-state index is 0.488. The quantitative estimate of drug-likeness (QED) is 0.145. The van der Waals surface area contributed by atoms with E-state index in [1.54, 1.807) is 0 Å². The lowest BCUT2D eigenvalue weighted by Crippen LogP contribution is -2.04. The van der Waals surface area contributed by atoms with Gasteiger partial charge in [-0.25, -0.2) is 29.9 Å². The molecule has 2 heterocycles. The van der Waals surface area contributed by atoms with E-state index in [4.69, 9.17) is 29.9 Å². The lowest BCUT2D eigenvalue weighted by atomic mass is 9.98. The Hall–Kier alpha value is -7.96. The molecule has 10 rings (SSSR count). The van der Waals surface area contributed by atoms with E-state index >= 15 is 0 Å². The fourth-order valence-electron chi connectivity index (χ4n) is 7.57. The summed E-state index contributed by atoms with van der Waals surface area (Å²) in [6.45, 7) is 2.21. The van der Waals surface area contributed by atoms with E-state index in [2.05, 4.69) is 146 Å². The SMILES string of the molecule is CC1C=CC(c2nc(-c3ccccc3)nc(-c3cccc(-c4cccc(-c5nc(-c6ccccc6)nc(-c6ccc(-c7ccc(-c8ccccc8)cc7)cc6)n5)c4)c3)n2)=CC1. The lowest BCUT2D eigenvalue weighted by Gasteiger charge is -2.13. The maximum Gasteiger partial charge on any atom is 0.164 e. The Kier molecular flexibility index (Phi) is 10.2.